The van der Waals surface area contributed by atoms with Crippen molar-refractivity contribution >= 4 is 5.78 Å². The average molecular weight is 173 g/mol. The highest BCUT2D eigenvalue weighted by Crippen LogP contribution is 2.04. The lowest BCUT2D eigenvalue weighted by molar-refractivity contribution is 0.101. The van der Waals surface area contributed by atoms with Gasteiger partial charge in [0.1, 0.15) is 0 Å². The number of ketones is 1. The molecule has 2 nitrogen and oxygen atoms in total. The summed E-state index contributed by atoms with van der Waals surface area (Å²) < 4.78 is 25.0. The van der Waals surface area contributed by atoms with Gasteiger partial charge < -0.3 is 4.57 Å². The quantitative estimate of drug-likeness (QED) is 0.640. The highest BCUT2D eigenvalue weighted by molar-refractivity contribution is 5.93. The Morgan fingerprint density at radius 1 is 1.67 bits per heavy atom. The van der Waals surface area contributed by atoms with Gasteiger partial charge in [0, 0.05) is 18.0 Å². The molecule has 1 aromatic heterocycles. The van der Waals surface area contributed by atoms with Crippen LogP contribution in [0.15, 0.2) is 18.5 Å². The normalized spacial score (nSPS) is 10.7. The lowest BCUT2D eigenvalue weighted by Crippen LogP contribution is -2.03. The van der Waals surface area contributed by atoms with Gasteiger partial charge in [-0.3, -0.25) is 4.79 Å². The summed E-state index contributed by atoms with van der Waals surface area (Å²) >= 11 is 0. The van der Waals surface area contributed by atoms with E-state index in [1.54, 1.807) is 0 Å². The second kappa shape index (κ2) is 3.47. The molecule has 66 valence electrons. The van der Waals surface area contributed by atoms with Crippen molar-refractivity contribution in [2.75, 3.05) is 0 Å². The van der Waals surface area contributed by atoms with Gasteiger partial charge in [0.2, 0.25) is 0 Å². The number of carbonyl (C=O) groups excluding carboxylic acids is 1. The summed E-state index contributed by atoms with van der Waals surface area (Å²) in [6.45, 7) is 1.05. The van der Waals surface area contributed by atoms with Gasteiger partial charge in [-0.15, -0.1) is 0 Å². The summed E-state index contributed by atoms with van der Waals surface area (Å²) in [5.74, 6) is -0.108. The number of Topliss-reactive ketones (excluding diaryl/α,β-unsaturated/α-hetero) is 1. The minimum Gasteiger partial charge on any atom is -0.348 e. The molecule has 0 aliphatic heterocycles. The maximum atomic E-state index is 11.8. The molecule has 0 saturated heterocycles. The van der Waals surface area contributed by atoms with Crippen LogP contribution >= 0.6 is 0 Å². The Balaban J connectivity index is 2.71. The molecule has 4 heteroatoms. The Labute approximate surface area is 68.8 Å². The van der Waals surface area contributed by atoms with Crippen LogP contribution in [-0.4, -0.2) is 16.8 Å². The number of rotatable bonds is 3. The van der Waals surface area contributed by atoms with Crippen molar-refractivity contribution in [1.82, 2.24) is 4.57 Å². The van der Waals surface area contributed by atoms with Gasteiger partial charge in [0.05, 0.1) is 6.54 Å². The van der Waals surface area contributed by atoms with Crippen molar-refractivity contribution in [3.8, 4) is 0 Å². The Hall–Kier alpha value is -1.19. The second-order valence-electron chi connectivity index (χ2n) is 2.54. The molecule has 0 aliphatic rings. The van der Waals surface area contributed by atoms with E-state index in [1.807, 2.05) is 0 Å². The van der Waals surface area contributed by atoms with E-state index in [0.29, 0.717) is 5.56 Å². The molecule has 0 N–H and O–H groups in total. The van der Waals surface area contributed by atoms with Crippen LogP contribution in [0.3, 0.4) is 0 Å². The fraction of sp³-hybridized carbons (Fsp3) is 0.375. The Bertz CT molecular complexity index is 280. The van der Waals surface area contributed by atoms with Gasteiger partial charge in [-0.1, -0.05) is 0 Å². The average Bonchev–Trinajstić information content (AvgIpc) is 2.34. The molecule has 0 radical (unpaired) electrons. The molecule has 1 heterocycles. The van der Waals surface area contributed by atoms with Gasteiger partial charge in [0.25, 0.3) is 6.43 Å². The summed E-state index contributed by atoms with van der Waals surface area (Å²) in [5.41, 5.74) is 0.468. The van der Waals surface area contributed by atoms with Crippen LogP contribution in [0.25, 0.3) is 0 Å². The van der Waals surface area contributed by atoms with Crippen molar-refractivity contribution in [3.63, 3.8) is 0 Å². The van der Waals surface area contributed by atoms with Crippen LogP contribution < -0.4 is 0 Å². The number of alkyl halides is 2. The van der Waals surface area contributed by atoms with E-state index < -0.39 is 6.43 Å². The first-order chi connectivity index (χ1) is 5.59. The van der Waals surface area contributed by atoms with Crippen molar-refractivity contribution in [1.29, 1.82) is 0 Å². The number of halogens is 2. The lowest BCUT2D eigenvalue weighted by Gasteiger charge is -1.99. The van der Waals surface area contributed by atoms with Gasteiger partial charge in [-0.2, -0.15) is 0 Å². The van der Waals surface area contributed by atoms with Gasteiger partial charge in [-0.25, -0.2) is 8.78 Å². The molecule has 0 amide bonds. The van der Waals surface area contributed by atoms with Crippen LogP contribution in [0.5, 0.6) is 0 Å². The molecule has 0 aliphatic carbocycles. The Kier molecular flexibility index (Phi) is 2.58. The fourth-order valence-corrected chi connectivity index (χ4v) is 0.922. The zero-order valence-corrected chi connectivity index (χ0v) is 6.63. The highest BCUT2D eigenvalue weighted by Gasteiger charge is 2.05. The third kappa shape index (κ3) is 2.15. The zero-order chi connectivity index (χ0) is 9.14. The van der Waals surface area contributed by atoms with Crippen molar-refractivity contribution in [2.45, 2.75) is 19.9 Å². The smallest absolute Gasteiger partial charge is 0.256 e. The minimum atomic E-state index is -2.38. The number of nitrogens with zero attached hydrogens (tertiary/aromatic N) is 1. The van der Waals surface area contributed by atoms with Crippen LogP contribution in [0.4, 0.5) is 8.78 Å². The number of carbonyl (C=O) groups is 1. The summed E-state index contributed by atoms with van der Waals surface area (Å²) in [7, 11) is 0. The summed E-state index contributed by atoms with van der Waals surface area (Å²) in [6, 6.07) is 1.53. The lowest BCUT2D eigenvalue weighted by atomic mass is 10.2. The first kappa shape index (κ1) is 8.90. The van der Waals surface area contributed by atoms with E-state index in [2.05, 4.69) is 0 Å². The van der Waals surface area contributed by atoms with Crippen LogP contribution in [0.1, 0.15) is 17.3 Å². The maximum absolute atomic E-state index is 11.8. The first-order valence-electron chi connectivity index (χ1n) is 3.54. The Morgan fingerprint density at radius 3 is 2.75 bits per heavy atom. The van der Waals surface area contributed by atoms with E-state index in [0.717, 1.165) is 0 Å². The molecule has 0 spiro atoms. The molecule has 0 bridgehead atoms. The van der Waals surface area contributed by atoms with E-state index in [9.17, 15) is 13.6 Å². The number of hydrogen-bond acceptors (Lipinski definition) is 1. The largest absolute Gasteiger partial charge is 0.348 e. The van der Waals surface area contributed by atoms with Gasteiger partial charge in [0.15, 0.2) is 5.78 Å². The predicted octanol–water partition coefficient (Wildman–Crippen LogP) is 1.96. The zero-order valence-electron chi connectivity index (χ0n) is 6.63. The van der Waals surface area contributed by atoms with E-state index in [1.165, 1.54) is 30.0 Å². The molecule has 1 aromatic rings. The third-order valence-corrected chi connectivity index (χ3v) is 1.51. The Morgan fingerprint density at radius 2 is 2.33 bits per heavy atom. The van der Waals surface area contributed by atoms with Crippen LogP contribution in [0.2, 0.25) is 0 Å². The van der Waals surface area contributed by atoms with Gasteiger partial charge >= 0.3 is 0 Å². The molecule has 1 rings (SSSR count). The highest BCUT2D eigenvalue weighted by atomic mass is 19.3. The van der Waals surface area contributed by atoms with Crippen LogP contribution in [0, 0.1) is 0 Å². The molecule has 0 aromatic carbocycles. The van der Waals surface area contributed by atoms with E-state index in [4.69, 9.17) is 0 Å². The van der Waals surface area contributed by atoms with Crippen molar-refractivity contribution < 1.29 is 13.6 Å². The molecule has 0 atom stereocenters. The summed E-state index contributed by atoms with van der Waals surface area (Å²) in [5, 5.41) is 0. The van der Waals surface area contributed by atoms with E-state index >= 15 is 0 Å². The molecule has 0 fully saturated rings. The molecular formula is C8H9F2NO. The standard InChI is InChI=1S/C8H9F2NO/c1-6(12)7-2-3-11(4-7)5-8(9)10/h2-4,8H,5H2,1H3. The predicted molar refractivity (Wildman–Crippen MR) is 40.4 cm³/mol. The first-order valence-corrected chi connectivity index (χ1v) is 3.54. The monoisotopic (exact) mass is 173 g/mol. The summed E-state index contributed by atoms with van der Waals surface area (Å²) in [4.78, 5) is 10.7. The maximum Gasteiger partial charge on any atom is 0.256 e. The van der Waals surface area contributed by atoms with Crippen LogP contribution in [-0.2, 0) is 6.54 Å². The second-order valence-corrected chi connectivity index (χ2v) is 2.54. The van der Waals surface area contributed by atoms with Gasteiger partial charge in [-0.05, 0) is 13.0 Å². The SMILES string of the molecule is CC(=O)c1ccn(CC(F)F)c1. The number of hydrogen-bond donors (Lipinski definition) is 0. The summed E-state index contributed by atoms with van der Waals surface area (Å²) in [6.07, 6.45) is 0.523. The fourth-order valence-electron chi connectivity index (χ4n) is 0.922. The topological polar surface area (TPSA) is 22.0 Å². The van der Waals surface area contributed by atoms with E-state index in [-0.39, 0.29) is 12.3 Å². The minimum absolute atomic E-state index is 0.108. The third-order valence-electron chi connectivity index (χ3n) is 1.51. The molecule has 0 unspecified atom stereocenters. The van der Waals surface area contributed by atoms with Crippen molar-refractivity contribution in [3.05, 3.63) is 24.0 Å². The molecule has 12 heavy (non-hydrogen) atoms. The number of aromatic nitrogens is 1. The van der Waals surface area contributed by atoms with Crippen molar-refractivity contribution in [2.24, 2.45) is 0 Å². The molecular weight excluding hydrogens is 164 g/mol. The molecule has 0 saturated carbocycles.